The monoisotopic (exact) mass is 968 g/mol. The minimum atomic E-state index is 0.137. The van der Waals surface area contributed by atoms with Gasteiger partial charge in [-0.05, 0) is 155 Å². The van der Waals surface area contributed by atoms with Crippen LogP contribution < -0.4 is 19.4 Å². The predicted molar refractivity (Wildman–Crippen MR) is 281 cm³/mol. The van der Waals surface area contributed by atoms with E-state index in [1.165, 1.54) is 52.2 Å². The Labute approximate surface area is 423 Å². The summed E-state index contributed by atoms with van der Waals surface area (Å²) in [6, 6.07) is 20.1. The van der Waals surface area contributed by atoms with Gasteiger partial charge in [0, 0.05) is 131 Å². The predicted octanol–water partition coefficient (Wildman–Crippen LogP) is 8.95. The molecule has 1 aliphatic carbocycles. The second-order valence-electron chi connectivity index (χ2n) is 22.2. The van der Waals surface area contributed by atoms with Crippen LogP contribution in [0.4, 0.5) is 23.0 Å². The van der Waals surface area contributed by atoms with Crippen LogP contribution in [0, 0.1) is 29.6 Å². The number of anilines is 4. The number of amides is 1. The van der Waals surface area contributed by atoms with E-state index in [-0.39, 0.29) is 17.4 Å². The molecule has 0 bridgehead atoms. The standard InChI is InChI=1S/C57H69N13O2/c1-38-29-52-42(30-48(38)44-33-60-64(4)35-44)7-6-23-68(52)56-49-36-67(40(3)71)26-19-51(49)70(63-56)45-12-9-41(10-13-45)34-65-24-17-46(18-25-65)72-54-16-15-53(61-62-54)66-27-20-57(21-28-66)31-39(2)69(37-57)50-14-11-43(32-58)55-47(50)8-5-22-59-55/h5,8,11,14-16,22,29-30,33,35,39,41,45-46H,6-7,9-10,12-13,17-21,23-28,31,34,36-37H2,1-4H3/t39-,41?,45?/m0/s1. The number of carbonyl (C=O) groups is 1. The van der Waals surface area contributed by atoms with Crippen LogP contribution in [0.15, 0.2) is 67.1 Å². The lowest BCUT2D eigenvalue weighted by Gasteiger charge is -2.39. The second kappa shape index (κ2) is 19.1. The summed E-state index contributed by atoms with van der Waals surface area (Å²) in [6.07, 6.45) is 19.0. The summed E-state index contributed by atoms with van der Waals surface area (Å²) in [4.78, 5) is 29.4. The Hall–Kier alpha value is -6.53. The summed E-state index contributed by atoms with van der Waals surface area (Å²) in [7, 11) is 1.97. The third-order valence-corrected chi connectivity index (χ3v) is 17.5. The van der Waals surface area contributed by atoms with Crippen molar-refractivity contribution in [1.82, 2.24) is 44.5 Å². The molecule has 2 aromatic carbocycles. The summed E-state index contributed by atoms with van der Waals surface area (Å²) >= 11 is 0. The highest BCUT2D eigenvalue weighted by atomic mass is 16.5. The summed E-state index contributed by atoms with van der Waals surface area (Å²) in [6.45, 7) is 14.7. The Morgan fingerprint density at radius 2 is 1.76 bits per heavy atom. The third kappa shape index (κ3) is 8.83. The number of piperidine rings is 2. The lowest BCUT2D eigenvalue weighted by Crippen LogP contribution is -2.42. The summed E-state index contributed by atoms with van der Waals surface area (Å²) in [5.41, 5.74) is 11.7. The van der Waals surface area contributed by atoms with Gasteiger partial charge in [0.1, 0.15) is 12.2 Å². The van der Waals surface area contributed by atoms with Crippen LogP contribution in [-0.4, -0.2) is 115 Å². The molecule has 1 amide bonds. The van der Waals surface area contributed by atoms with E-state index in [0.29, 0.717) is 36.0 Å². The molecule has 1 atom stereocenters. The summed E-state index contributed by atoms with van der Waals surface area (Å²) in [5, 5.41) is 30.0. The molecule has 1 spiro atoms. The third-order valence-electron chi connectivity index (χ3n) is 17.5. The van der Waals surface area contributed by atoms with Crippen LogP contribution in [0.3, 0.4) is 0 Å². The molecule has 3 saturated heterocycles. The normalized spacial score (nSPS) is 22.6. The van der Waals surface area contributed by atoms with Crippen LogP contribution in [-0.2, 0) is 31.2 Å². The van der Waals surface area contributed by atoms with Crippen LogP contribution in [0.1, 0.15) is 112 Å². The van der Waals surface area contributed by atoms with Gasteiger partial charge in [-0.2, -0.15) is 15.5 Å². The average molecular weight is 968 g/mol. The fourth-order valence-electron chi connectivity index (χ4n) is 13.6. The first-order valence-corrected chi connectivity index (χ1v) is 26.9. The second-order valence-corrected chi connectivity index (χ2v) is 22.2. The Bertz CT molecular complexity index is 3000. The largest absolute Gasteiger partial charge is 0.473 e. The van der Waals surface area contributed by atoms with Crippen LogP contribution >= 0.6 is 0 Å². The van der Waals surface area contributed by atoms with Gasteiger partial charge in [-0.15, -0.1) is 10.2 Å². The van der Waals surface area contributed by atoms with Gasteiger partial charge in [0.15, 0.2) is 11.6 Å². The molecular formula is C57H69N13O2. The van der Waals surface area contributed by atoms with E-state index in [2.05, 4.69) is 101 Å². The number of aryl methyl sites for hydroxylation is 3. The smallest absolute Gasteiger partial charge is 0.233 e. The first kappa shape index (κ1) is 46.5. The number of carbonyl (C=O) groups excluding carboxylic acids is 1. The van der Waals surface area contributed by atoms with Crippen molar-refractivity contribution in [3.63, 3.8) is 0 Å². The number of likely N-dealkylation sites (tertiary alicyclic amines) is 1. The number of nitrogens with zero attached hydrogens (tertiary/aromatic N) is 13. The number of ether oxygens (including phenoxy) is 1. The Kier molecular flexibility index (Phi) is 12.4. The molecule has 374 valence electrons. The van der Waals surface area contributed by atoms with Gasteiger partial charge in [-0.3, -0.25) is 19.1 Å². The Balaban J connectivity index is 0.628. The number of rotatable bonds is 9. The highest BCUT2D eigenvalue weighted by Crippen LogP contribution is 2.47. The number of nitriles is 1. The number of hydrogen-bond acceptors (Lipinski definition) is 12. The molecule has 0 N–H and O–H groups in total. The van der Waals surface area contributed by atoms with Crippen molar-refractivity contribution in [2.75, 3.05) is 67.1 Å². The molecule has 1 saturated carbocycles. The van der Waals surface area contributed by atoms with Gasteiger partial charge in [-0.1, -0.05) is 0 Å². The fourth-order valence-corrected chi connectivity index (χ4v) is 13.6. The minimum absolute atomic E-state index is 0.137. The molecule has 12 rings (SSSR count). The molecule has 4 fully saturated rings. The van der Waals surface area contributed by atoms with E-state index in [1.807, 2.05) is 41.0 Å². The maximum Gasteiger partial charge on any atom is 0.233 e. The van der Waals surface area contributed by atoms with Gasteiger partial charge >= 0.3 is 0 Å². The lowest BCUT2D eigenvalue weighted by atomic mass is 9.77. The molecule has 6 aromatic rings. The number of aromatic nitrogens is 7. The zero-order chi connectivity index (χ0) is 49.1. The molecule has 5 aliphatic heterocycles. The SMILES string of the molecule is CC(=O)N1CCc2c(c(N3CCCc4cc(-c5cnn(C)c5)c(C)cc43)nn2C2CCC(CN3CCC(Oc4ccc(N5CCC6(CC5)C[C@H](C)N(c5ccc(C#N)c7ncccc57)C6)nn4)CC3)CC2)C1. The Morgan fingerprint density at radius 3 is 2.51 bits per heavy atom. The molecule has 15 heteroatoms. The van der Waals surface area contributed by atoms with E-state index in [0.717, 1.165) is 145 Å². The first-order chi connectivity index (χ1) is 35.1. The molecule has 0 unspecified atom stereocenters. The van der Waals surface area contributed by atoms with E-state index in [9.17, 15) is 10.1 Å². The molecule has 15 nitrogen and oxygen atoms in total. The first-order valence-electron chi connectivity index (χ1n) is 26.9. The van der Waals surface area contributed by atoms with E-state index < -0.39 is 0 Å². The number of hydrogen-bond donors (Lipinski definition) is 0. The number of fused-ring (bicyclic) bond motifs is 3. The zero-order valence-electron chi connectivity index (χ0n) is 42.6. The van der Waals surface area contributed by atoms with Gasteiger partial charge in [-0.25, -0.2) is 0 Å². The van der Waals surface area contributed by atoms with Crippen molar-refractivity contribution in [3.05, 3.63) is 95.1 Å². The zero-order valence-corrected chi connectivity index (χ0v) is 42.6. The molecule has 6 aliphatic rings. The van der Waals surface area contributed by atoms with Gasteiger partial charge in [0.2, 0.25) is 11.8 Å². The number of pyridine rings is 1. The molecular weight excluding hydrogens is 899 g/mol. The summed E-state index contributed by atoms with van der Waals surface area (Å²) in [5.74, 6) is 3.43. The van der Waals surface area contributed by atoms with Crippen molar-refractivity contribution in [3.8, 4) is 23.1 Å². The van der Waals surface area contributed by atoms with Gasteiger partial charge < -0.3 is 29.2 Å². The highest BCUT2D eigenvalue weighted by molar-refractivity contribution is 5.95. The molecule has 72 heavy (non-hydrogen) atoms. The van der Waals surface area contributed by atoms with Crippen molar-refractivity contribution in [2.45, 2.75) is 123 Å². The van der Waals surface area contributed by atoms with Crippen molar-refractivity contribution in [2.24, 2.45) is 18.4 Å². The molecule has 0 radical (unpaired) electrons. The van der Waals surface area contributed by atoms with Crippen molar-refractivity contribution >= 4 is 39.8 Å². The maximum atomic E-state index is 12.7. The quantitative estimate of drug-likeness (QED) is 0.137. The Morgan fingerprint density at radius 1 is 0.931 bits per heavy atom. The maximum absolute atomic E-state index is 12.7. The molecule has 4 aromatic heterocycles. The van der Waals surface area contributed by atoms with Gasteiger partial charge in [0.05, 0.1) is 29.9 Å². The highest BCUT2D eigenvalue weighted by Gasteiger charge is 2.45. The summed E-state index contributed by atoms with van der Waals surface area (Å²) < 4.78 is 10.7. The fraction of sp³-hybridized carbons (Fsp3) is 0.526. The van der Waals surface area contributed by atoms with E-state index in [1.54, 1.807) is 13.1 Å². The minimum Gasteiger partial charge on any atom is -0.473 e. The molecule has 9 heterocycles. The van der Waals surface area contributed by atoms with Crippen LogP contribution in [0.5, 0.6) is 5.88 Å². The van der Waals surface area contributed by atoms with Crippen LogP contribution in [0.25, 0.3) is 22.0 Å². The van der Waals surface area contributed by atoms with E-state index >= 15 is 0 Å². The van der Waals surface area contributed by atoms with Crippen molar-refractivity contribution < 1.29 is 9.53 Å². The lowest BCUT2D eigenvalue weighted by molar-refractivity contribution is -0.129. The van der Waals surface area contributed by atoms with Crippen LogP contribution in [0.2, 0.25) is 0 Å². The van der Waals surface area contributed by atoms with Gasteiger partial charge in [0.25, 0.3) is 0 Å². The topological polar surface area (TPSA) is 141 Å². The van der Waals surface area contributed by atoms with E-state index in [4.69, 9.17) is 9.84 Å². The number of benzene rings is 2. The average Bonchev–Trinajstić information content (AvgIpc) is 4.11. The van der Waals surface area contributed by atoms with Crippen molar-refractivity contribution in [1.29, 1.82) is 5.26 Å².